The van der Waals surface area contributed by atoms with Crippen molar-refractivity contribution in [3.8, 4) is 0 Å². The van der Waals surface area contributed by atoms with Crippen LogP contribution in [0.3, 0.4) is 0 Å². The lowest BCUT2D eigenvalue weighted by molar-refractivity contribution is -0.120. The Hall–Kier alpha value is -0.330. The summed E-state index contributed by atoms with van der Waals surface area (Å²) >= 11 is 0. The fourth-order valence-electron chi connectivity index (χ4n) is 2.34. The molecule has 0 bridgehead atoms. The number of hydrogen-bond donors (Lipinski definition) is 0. The lowest BCUT2D eigenvalue weighted by Crippen LogP contribution is -2.07. The van der Waals surface area contributed by atoms with Crippen molar-refractivity contribution < 1.29 is 4.79 Å². The minimum absolute atomic E-state index is 0.513. The van der Waals surface area contributed by atoms with Gasteiger partial charge in [-0.2, -0.15) is 0 Å². The molecule has 0 aromatic carbocycles. The Morgan fingerprint density at radius 2 is 1.71 bits per heavy atom. The van der Waals surface area contributed by atoms with Gasteiger partial charge in [-0.3, -0.25) is 4.79 Å². The Morgan fingerprint density at radius 3 is 2.43 bits per heavy atom. The molecule has 0 amide bonds. The molecule has 1 aliphatic rings. The van der Waals surface area contributed by atoms with Gasteiger partial charge in [-0.05, 0) is 12.3 Å². The van der Waals surface area contributed by atoms with Crippen molar-refractivity contribution >= 4 is 5.78 Å². The second-order valence-electron chi connectivity index (χ2n) is 4.68. The third-order valence-corrected chi connectivity index (χ3v) is 3.41. The summed E-state index contributed by atoms with van der Waals surface area (Å²) in [5.41, 5.74) is 0. The van der Waals surface area contributed by atoms with Gasteiger partial charge in [-0.1, -0.05) is 51.9 Å². The maximum atomic E-state index is 11.6. The third-order valence-electron chi connectivity index (χ3n) is 3.41. The second kappa shape index (κ2) is 7.03. The van der Waals surface area contributed by atoms with E-state index in [-0.39, 0.29) is 0 Å². The van der Waals surface area contributed by atoms with Crippen LogP contribution in [0.1, 0.15) is 71.1 Å². The lowest BCUT2D eigenvalue weighted by Gasteiger charge is -2.12. The molecule has 0 heterocycles. The number of ketones is 1. The Bertz CT molecular complexity index is 163. The highest BCUT2D eigenvalue weighted by molar-refractivity contribution is 5.78. The van der Waals surface area contributed by atoms with E-state index < -0.39 is 0 Å². The molecule has 0 spiro atoms. The van der Waals surface area contributed by atoms with Gasteiger partial charge in [0.25, 0.3) is 0 Å². The van der Waals surface area contributed by atoms with Crippen LogP contribution in [0, 0.1) is 5.92 Å². The molecule has 1 heteroatoms. The molecule has 0 saturated heterocycles. The van der Waals surface area contributed by atoms with Crippen LogP contribution in [0.15, 0.2) is 0 Å². The van der Waals surface area contributed by atoms with E-state index in [0.717, 1.165) is 19.3 Å². The van der Waals surface area contributed by atoms with E-state index in [1.165, 1.54) is 44.9 Å². The normalized spacial score (nSPS) is 26.9. The van der Waals surface area contributed by atoms with E-state index in [4.69, 9.17) is 0 Å². The van der Waals surface area contributed by atoms with Crippen molar-refractivity contribution in [2.75, 3.05) is 0 Å². The molecular formula is C13H24O. The summed E-state index contributed by atoms with van der Waals surface area (Å²) in [4.78, 5) is 11.6. The first-order valence-electron chi connectivity index (χ1n) is 6.34. The van der Waals surface area contributed by atoms with E-state index in [0.29, 0.717) is 11.7 Å². The first-order chi connectivity index (χ1) is 6.83. The molecular weight excluding hydrogens is 172 g/mol. The highest BCUT2D eigenvalue weighted by Gasteiger charge is 2.12. The molecule has 0 aromatic rings. The standard InChI is InChI=1S/C13H24O/c1-2-12-9-7-5-3-4-6-8-10-13(14)11-12/h12H,2-11H2,1H3. The zero-order valence-electron chi connectivity index (χ0n) is 9.56. The predicted octanol–water partition coefficient (Wildman–Crippen LogP) is 4.11. The quantitative estimate of drug-likeness (QED) is 0.617. The van der Waals surface area contributed by atoms with Gasteiger partial charge in [-0.15, -0.1) is 0 Å². The van der Waals surface area contributed by atoms with Crippen LogP contribution in [0.25, 0.3) is 0 Å². The molecule has 0 N–H and O–H groups in total. The number of Topliss-reactive ketones (excluding diaryl/α,β-unsaturated/α-hetero) is 1. The van der Waals surface area contributed by atoms with Crippen molar-refractivity contribution in [1.82, 2.24) is 0 Å². The Kier molecular flexibility index (Phi) is 5.89. The number of rotatable bonds is 1. The molecule has 1 aliphatic carbocycles. The van der Waals surface area contributed by atoms with Gasteiger partial charge in [0.15, 0.2) is 0 Å². The molecule has 1 atom stereocenters. The van der Waals surface area contributed by atoms with Gasteiger partial charge >= 0.3 is 0 Å². The summed E-state index contributed by atoms with van der Waals surface area (Å²) < 4.78 is 0. The van der Waals surface area contributed by atoms with Crippen molar-refractivity contribution in [1.29, 1.82) is 0 Å². The molecule has 1 saturated carbocycles. The highest BCUT2D eigenvalue weighted by atomic mass is 16.1. The molecule has 0 aromatic heterocycles. The molecule has 14 heavy (non-hydrogen) atoms. The van der Waals surface area contributed by atoms with Gasteiger partial charge in [0.1, 0.15) is 5.78 Å². The molecule has 82 valence electrons. The molecule has 1 unspecified atom stereocenters. The SMILES string of the molecule is CCC1CCCCCCCCC(=O)C1. The van der Waals surface area contributed by atoms with Crippen molar-refractivity contribution in [2.24, 2.45) is 5.92 Å². The van der Waals surface area contributed by atoms with Gasteiger partial charge in [0.05, 0.1) is 0 Å². The van der Waals surface area contributed by atoms with Gasteiger partial charge < -0.3 is 0 Å². The number of carbonyl (C=O) groups excluding carboxylic acids is 1. The van der Waals surface area contributed by atoms with Crippen molar-refractivity contribution in [2.45, 2.75) is 71.1 Å². The van der Waals surface area contributed by atoms with Crippen molar-refractivity contribution in [3.63, 3.8) is 0 Å². The third kappa shape index (κ3) is 4.78. The molecule has 0 radical (unpaired) electrons. The van der Waals surface area contributed by atoms with Crippen LogP contribution in [0.5, 0.6) is 0 Å². The highest BCUT2D eigenvalue weighted by Crippen LogP contribution is 2.21. The predicted molar refractivity (Wildman–Crippen MR) is 60.3 cm³/mol. The van der Waals surface area contributed by atoms with Crippen LogP contribution in [-0.4, -0.2) is 5.78 Å². The summed E-state index contributed by atoms with van der Waals surface area (Å²) in [5, 5.41) is 0. The van der Waals surface area contributed by atoms with E-state index >= 15 is 0 Å². The lowest BCUT2D eigenvalue weighted by atomic mass is 9.93. The smallest absolute Gasteiger partial charge is 0.133 e. The Morgan fingerprint density at radius 1 is 1.07 bits per heavy atom. The topological polar surface area (TPSA) is 17.1 Å². The molecule has 1 fully saturated rings. The summed E-state index contributed by atoms with van der Waals surface area (Å²) in [6, 6.07) is 0. The van der Waals surface area contributed by atoms with Crippen LogP contribution in [0.4, 0.5) is 0 Å². The average molecular weight is 196 g/mol. The number of carbonyl (C=O) groups is 1. The fourth-order valence-corrected chi connectivity index (χ4v) is 2.34. The van der Waals surface area contributed by atoms with E-state index in [1.54, 1.807) is 0 Å². The van der Waals surface area contributed by atoms with Crippen molar-refractivity contribution in [3.05, 3.63) is 0 Å². The van der Waals surface area contributed by atoms with Crippen LogP contribution in [0.2, 0.25) is 0 Å². The zero-order valence-corrected chi connectivity index (χ0v) is 9.56. The van der Waals surface area contributed by atoms with Crippen LogP contribution >= 0.6 is 0 Å². The monoisotopic (exact) mass is 196 g/mol. The maximum absolute atomic E-state index is 11.6. The van der Waals surface area contributed by atoms with Crippen LogP contribution in [-0.2, 0) is 4.79 Å². The first kappa shape index (κ1) is 11.7. The van der Waals surface area contributed by atoms with E-state index in [9.17, 15) is 4.79 Å². The molecule has 1 nitrogen and oxygen atoms in total. The zero-order chi connectivity index (χ0) is 10.2. The molecule has 1 rings (SSSR count). The maximum Gasteiger partial charge on any atom is 0.133 e. The largest absolute Gasteiger partial charge is 0.300 e. The van der Waals surface area contributed by atoms with Gasteiger partial charge in [-0.25, -0.2) is 0 Å². The Labute approximate surface area is 88.3 Å². The van der Waals surface area contributed by atoms with E-state index in [1.807, 2.05) is 0 Å². The summed E-state index contributed by atoms with van der Waals surface area (Å²) in [6.45, 7) is 2.22. The average Bonchev–Trinajstić information content (AvgIpc) is 2.23. The minimum atomic E-state index is 0.513. The summed E-state index contributed by atoms with van der Waals surface area (Å²) in [6.07, 6.45) is 12.0. The van der Waals surface area contributed by atoms with Gasteiger partial charge in [0.2, 0.25) is 0 Å². The van der Waals surface area contributed by atoms with Gasteiger partial charge in [0, 0.05) is 12.8 Å². The second-order valence-corrected chi connectivity index (χ2v) is 4.68. The minimum Gasteiger partial charge on any atom is -0.300 e. The fraction of sp³-hybridized carbons (Fsp3) is 0.923. The number of hydrogen-bond acceptors (Lipinski definition) is 1. The van der Waals surface area contributed by atoms with E-state index in [2.05, 4.69) is 6.92 Å². The van der Waals surface area contributed by atoms with Crippen LogP contribution < -0.4 is 0 Å². The Balaban J connectivity index is 2.35. The summed E-state index contributed by atoms with van der Waals surface area (Å²) in [5.74, 6) is 1.19. The summed E-state index contributed by atoms with van der Waals surface area (Å²) in [7, 11) is 0. The first-order valence-corrected chi connectivity index (χ1v) is 6.34. The molecule has 0 aliphatic heterocycles.